The first-order chi connectivity index (χ1) is 15.3. The zero-order valence-electron chi connectivity index (χ0n) is 18.3. The van der Waals surface area contributed by atoms with E-state index in [4.69, 9.17) is 0 Å². The molecule has 32 heavy (non-hydrogen) atoms. The molecule has 0 spiro atoms. The van der Waals surface area contributed by atoms with Crippen molar-refractivity contribution >= 4 is 40.1 Å². The normalized spacial score (nSPS) is 11.6. The number of hydrogen-bond acceptors (Lipinski definition) is 2. The SMILES string of the molecule is CC(C)(C)NC(=O)C(c1ccccc1)N(C(=O)C#Cc1ccccc1)c1ccccc1I. The molecule has 1 atom stereocenters. The van der Waals surface area contributed by atoms with Gasteiger partial charge in [0.25, 0.3) is 0 Å². The molecule has 0 aliphatic rings. The Labute approximate surface area is 203 Å². The number of nitrogens with one attached hydrogen (secondary N) is 1. The number of anilines is 1. The van der Waals surface area contributed by atoms with Gasteiger partial charge in [-0.25, -0.2) is 0 Å². The highest BCUT2D eigenvalue weighted by molar-refractivity contribution is 14.1. The van der Waals surface area contributed by atoms with Crippen LogP contribution >= 0.6 is 22.6 Å². The van der Waals surface area contributed by atoms with Crippen LogP contribution in [0.2, 0.25) is 0 Å². The highest BCUT2D eigenvalue weighted by Gasteiger charge is 2.34. The molecule has 0 saturated heterocycles. The van der Waals surface area contributed by atoms with Gasteiger partial charge in [-0.05, 0) is 73.2 Å². The van der Waals surface area contributed by atoms with E-state index in [-0.39, 0.29) is 5.91 Å². The largest absolute Gasteiger partial charge is 0.349 e. The molecule has 2 amide bonds. The number of halogens is 1. The molecular weight excluding hydrogens is 511 g/mol. The fourth-order valence-electron chi connectivity index (χ4n) is 3.21. The molecule has 3 rings (SSSR count). The predicted octanol–water partition coefficient (Wildman–Crippen LogP) is 5.33. The van der Waals surface area contributed by atoms with Crippen LogP contribution in [0.25, 0.3) is 0 Å². The summed E-state index contributed by atoms with van der Waals surface area (Å²) in [6.45, 7) is 5.75. The first-order valence-corrected chi connectivity index (χ1v) is 11.4. The van der Waals surface area contributed by atoms with Crippen LogP contribution in [0.3, 0.4) is 0 Å². The minimum atomic E-state index is -0.871. The second-order valence-corrected chi connectivity index (χ2v) is 9.46. The molecule has 0 fully saturated rings. The Morgan fingerprint density at radius 1 is 0.875 bits per heavy atom. The summed E-state index contributed by atoms with van der Waals surface area (Å²) in [5.74, 6) is 4.96. The predicted molar refractivity (Wildman–Crippen MR) is 137 cm³/mol. The van der Waals surface area contributed by atoms with E-state index in [1.54, 1.807) is 0 Å². The molecule has 0 radical (unpaired) electrons. The summed E-state index contributed by atoms with van der Waals surface area (Å²) in [4.78, 5) is 28.5. The molecule has 0 aromatic heterocycles. The van der Waals surface area contributed by atoms with Gasteiger partial charge in [-0.15, -0.1) is 0 Å². The number of nitrogens with zero attached hydrogens (tertiary/aromatic N) is 1. The average Bonchev–Trinajstić information content (AvgIpc) is 2.76. The van der Waals surface area contributed by atoms with Crippen LogP contribution in [-0.2, 0) is 9.59 Å². The Morgan fingerprint density at radius 3 is 2.03 bits per heavy atom. The summed E-state index contributed by atoms with van der Waals surface area (Å²) in [6, 6.07) is 25.3. The van der Waals surface area contributed by atoms with Crippen molar-refractivity contribution in [2.24, 2.45) is 0 Å². The maximum Gasteiger partial charge on any atom is 0.304 e. The van der Waals surface area contributed by atoms with Crippen LogP contribution in [0.1, 0.15) is 37.9 Å². The van der Waals surface area contributed by atoms with Gasteiger partial charge in [0.15, 0.2) is 0 Å². The maximum absolute atomic E-state index is 13.5. The van der Waals surface area contributed by atoms with E-state index >= 15 is 0 Å². The lowest BCUT2D eigenvalue weighted by atomic mass is 10.0. The zero-order chi connectivity index (χ0) is 23.1. The molecule has 3 aromatic rings. The molecular formula is C27H25IN2O2. The molecule has 4 nitrogen and oxygen atoms in total. The van der Waals surface area contributed by atoms with Gasteiger partial charge in [-0.3, -0.25) is 14.5 Å². The van der Waals surface area contributed by atoms with Gasteiger partial charge >= 0.3 is 5.91 Å². The minimum absolute atomic E-state index is 0.266. The number of hydrogen-bond donors (Lipinski definition) is 1. The third kappa shape index (κ3) is 6.21. The topological polar surface area (TPSA) is 49.4 Å². The zero-order valence-corrected chi connectivity index (χ0v) is 20.5. The highest BCUT2D eigenvalue weighted by Crippen LogP contribution is 2.31. The van der Waals surface area contributed by atoms with Crippen molar-refractivity contribution in [2.45, 2.75) is 32.4 Å². The monoisotopic (exact) mass is 536 g/mol. The Morgan fingerprint density at radius 2 is 1.44 bits per heavy atom. The van der Waals surface area contributed by atoms with Crippen molar-refractivity contribution < 1.29 is 9.59 Å². The first kappa shape index (κ1) is 23.6. The molecule has 0 aliphatic heterocycles. The van der Waals surface area contributed by atoms with Gasteiger partial charge in [0.05, 0.1) is 5.69 Å². The summed E-state index contributed by atoms with van der Waals surface area (Å²) in [6.07, 6.45) is 0. The van der Waals surface area contributed by atoms with Crippen molar-refractivity contribution in [2.75, 3.05) is 4.90 Å². The second-order valence-electron chi connectivity index (χ2n) is 8.30. The van der Waals surface area contributed by atoms with Crippen molar-refractivity contribution in [3.05, 3.63) is 99.6 Å². The van der Waals surface area contributed by atoms with Crippen LogP contribution in [0.5, 0.6) is 0 Å². The van der Waals surface area contributed by atoms with Crippen molar-refractivity contribution in [3.63, 3.8) is 0 Å². The van der Waals surface area contributed by atoms with Crippen LogP contribution in [0.4, 0.5) is 5.69 Å². The quantitative estimate of drug-likeness (QED) is 0.362. The molecule has 3 aromatic carbocycles. The fourth-order valence-corrected chi connectivity index (χ4v) is 3.86. The van der Waals surface area contributed by atoms with Gasteiger partial charge in [0.1, 0.15) is 6.04 Å². The number of benzene rings is 3. The van der Waals surface area contributed by atoms with Crippen LogP contribution in [0, 0.1) is 15.4 Å². The first-order valence-electron chi connectivity index (χ1n) is 10.3. The smallest absolute Gasteiger partial charge is 0.304 e. The summed E-state index contributed by atoms with van der Waals surface area (Å²) in [5, 5.41) is 3.03. The Kier molecular flexibility index (Phi) is 7.70. The van der Waals surface area contributed by atoms with E-state index in [0.29, 0.717) is 11.3 Å². The average molecular weight is 536 g/mol. The van der Waals surface area contributed by atoms with Gasteiger partial charge in [0.2, 0.25) is 5.91 Å². The molecule has 5 heteroatoms. The van der Waals surface area contributed by atoms with E-state index < -0.39 is 17.5 Å². The molecule has 0 bridgehead atoms. The summed E-state index contributed by atoms with van der Waals surface area (Å²) in [5.41, 5.74) is 1.62. The molecule has 0 saturated carbocycles. The molecule has 0 heterocycles. The Bertz CT molecular complexity index is 1140. The lowest BCUT2D eigenvalue weighted by molar-refractivity contribution is -0.126. The summed E-state index contributed by atoms with van der Waals surface area (Å²) < 4.78 is 0.851. The number of carbonyl (C=O) groups excluding carboxylic acids is 2. The second kappa shape index (κ2) is 10.5. The maximum atomic E-state index is 13.5. The van der Waals surface area contributed by atoms with Crippen molar-refractivity contribution in [1.82, 2.24) is 5.32 Å². The molecule has 1 N–H and O–H groups in total. The number of amides is 2. The van der Waals surface area contributed by atoms with E-state index in [2.05, 4.69) is 39.7 Å². The van der Waals surface area contributed by atoms with Crippen LogP contribution < -0.4 is 10.2 Å². The highest BCUT2D eigenvalue weighted by atomic mass is 127. The minimum Gasteiger partial charge on any atom is -0.349 e. The molecule has 1 unspecified atom stereocenters. The van der Waals surface area contributed by atoms with Crippen LogP contribution in [-0.4, -0.2) is 17.4 Å². The third-order valence-electron chi connectivity index (χ3n) is 4.54. The number of rotatable bonds is 4. The number of carbonyl (C=O) groups is 2. The van der Waals surface area contributed by atoms with E-state index in [1.807, 2.05) is 106 Å². The van der Waals surface area contributed by atoms with E-state index in [9.17, 15) is 9.59 Å². The van der Waals surface area contributed by atoms with Gasteiger partial charge in [0, 0.05) is 20.6 Å². The summed E-state index contributed by atoms with van der Waals surface area (Å²) >= 11 is 2.18. The van der Waals surface area contributed by atoms with E-state index in [1.165, 1.54) is 4.90 Å². The van der Waals surface area contributed by atoms with Crippen LogP contribution in [0.15, 0.2) is 84.9 Å². The standard InChI is InChI=1S/C27H25IN2O2/c1-27(2,3)29-26(32)25(21-14-8-5-9-15-21)30(23-17-11-10-16-22(23)28)24(31)19-18-20-12-6-4-7-13-20/h4-17,25H,1-3H3,(H,29,32). The van der Waals surface area contributed by atoms with Gasteiger partial charge < -0.3 is 5.32 Å². The summed E-state index contributed by atoms with van der Waals surface area (Å²) in [7, 11) is 0. The third-order valence-corrected chi connectivity index (χ3v) is 5.45. The van der Waals surface area contributed by atoms with Gasteiger partial charge in [-0.2, -0.15) is 0 Å². The lowest BCUT2D eigenvalue weighted by Gasteiger charge is -2.33. The van der Waals surface area contributed by atoms with E-state index in [0.717, 1.165) is 9.13 Å². The Hall–Kier alpha value is -3.11. The fraction of sp³-hybridized carbons (Fsp3) is 0.185. The molecule has 0 aliphatic carbocycles. The lowest BCUT2D eigenvalue weighted by Crippen LogP contribution is -2.49. The van der Waals surface area contributed by atoms with Crippen molar-refractivity contribution in [1.29, 1.82) is 0 Å². The number of para-hydroxylation sites is 1. The Balaban J connectivity index is 2.14. The van der Waals surface area contributed by atoms with Crippen molar-refractivity contribution in [3.8, 4) is 11.8 Å². The molecule has 162 valence electrons. The van der Waals surface area contributed by atoms with Gasteiger partial charge in [-0.1, -0.05) is 66.6 Å².